The fourth-order valence-electron chi connectivity index (χ4n) is 1.17. The highest BCUT2D eigenvalue weighted by atomic mass is 16.1. The fraction of sp³-hybridized carbons (Fsp3) is 0.250. The first kappa shape index (κ1) is 7.09. The maximum Gasteiger partial charge on any atom is 0.277 e. The van der Waals surface area contributed by atoms with Gasteiger partial charge in [0.1, 0.15) is 11.3 Å². The fourth-order valence-corrected chi connectivity index (χ4v) is 1.17. The summed E-state index contributed by atoms with van der Waals surface area (Å²) in [6.45, 7) is 1.81. The Balaban J connectivity index is 3.05. The molecule has 0 N–H and O–H groups in total. The molecule has 0 aliphatic heterocycles. The van der Waals surface area contributed by atoms with Crippen LogP contribution in [0.4, 0.5) is 0 Å². The van der Waals surface area contributed by atoms with E-state index in [1.165, 1.54) is 4.57 Å². The van der Waals surface area contributed by atoms with Crippen molar-refractivity contribution in [3.8, 4) is 0 Å². The van der Waals surface area contributed by atoms with Crippen molar-refractivity contribution in [1.29, 1.82) is 0 Å². The first-order valence-electron chi connectivity index (χ1n) is 3.71. The van der Waals surface area contributed by atoms with Crippen molar-refractivity contribution in [2.45, 2.75) is 6.92 Å². The molecule has 0 aliphatic carbocycles. The van der Waals surface area contributed by atoms with Gasteiger partial charge in [0.25, 0.3) is 5.56 Å². The summed E-state index contributed by atoms with van der Waals surface area (Å²) in [4.78, 5) is 11.5. The molecule has 0 amide bonds. The number of aromatic nitrogens is 3. The Morgan fingerprint density at radius 3 is 3.00 bits per heavy atom. The first-order chi connectivity index (χ1) is 5.70. The Morgan fingerprint density at radius 1 is 1.50 bits per heavy atom. The van der Waals surface area contributed by atoms with Crippen molar-refractivity contribution in [1.82, 2.24) is 14.2 Å². The minimum Gasteiger partial charge on any atom is -0.297 e. The third-order valence-electron chi connectivity index (χ3n) is 1.99. The van der Waals surface area contributed by atoms with E-state index in [0.717, 1.165) is 0 Å². The SMILES string of the molecule is Cc1nn2cccc2c(=O)n1C. The Kier molecular flexibility index (Phi) is 1.30. The molecule has 0 bridgehead atoms. The van der Waals surface area contributed by atoms with Gasteiger partial charge in [0, 0.05) is 13.2 Å². The van der Waals surface area contributed by atoms with E-state index in [1.54, 1.807) is 30.8 Å². The van der Waals surface area contributed by atoms with E-state index in [2.05, 4.69) is 5.10 Å². The van der Waals surface area contributed by atoms with Crippen LogP contribution in [-0.2, 0) is 7.05 Å². The molecule has 0 aromatic carbocycles. The minimum absolute atomic E-state index is 0.00694. The summed E-state index contributed by atoms with van der Waals surface area (Å²) in [5, 5.41) is 4.18. The topological polar surface area (TPSA) is 39.3 Å². The Hall–Kier alpha value is -1.58. The van der Waals surface area contributed by atoms with Crippen molar-refractivity contribution in [3.63, 3.8) is 0 Å². The lowest BCUT2D eigenvalue weighted by atomic mass is 10.5. The van der Waals surface area contributed by atoms with E-state index in [1.807, 2.05) is 6.07 Å². The number of fused-ring (bicyclic) bond motifs is 1. The molecule has 0 spiro atoms. The summed E-state index contributed by atoms with van der Waals surface area (Å²) < 4.78 is 3.13. The Morgan fingerprint density at radius 2 is 2.25 bits per heavy atom. The standard InChI is InChI=1S/C8H9N3O/c1-6-9-11-5-3-4-7(11)8(12)10(6)2/h3-5H,1-2H3. The molecule has 0 unspecified atom stereocenters. The van der Waals surface area contributed by atoms with Crippen LogP contribution in [0.25, 0.3) is 5.52 Å². The molecule has 0 atom stereocenters. The molecular weight excluding hydrogens is 154 g/mol. The number of hydrogen-bond donors (Lipinski definition) is 0. The largest absolute Gasteiger partial charge is 0.297 e. The monoisotopic (exact) mass is 163 g/mol. The van der Waals surface area contributed by atoms with Gasteiger partial charge in [0.15, 0.2) is 0 Å². The van der Waals surface area contributed by atoms with Crippen LogP contribution in [0.3, 0.4) is 0 Å². The average Bonchev–Trinajstić information content (AvgIpc) is 2.48. The molecule has 0 saturated heterocycles. The van der Waals surface area contributed by atoms with Crippen molar-refractivity contribution < 1.29 is 0 Å². The zero-order valence-electron chi connectivity index (χ0n) is 6.98. The summed E-state index contributed by atoms with van der Waals surface area (Å²) in [5.41, 5.74) is 0.607. The molecule has 2 aromatic rings. The van der Waals surface area contributed by atoms with Crippen molar-refractivity contribution >= 4 is 5.52 Å². The zero-order valence-corrected chi connectivity index (χ0v) is 6.98. The van der Waals surface area contributed by atoms with Crippen LogP contribution in [0.5, 0.6) is 0 Å². The normalized spacial score (nSPS) is 10.8. The van der Waals surface area contributed by atoms with E-state index in [4.69, 9.17) is 0 Å². The van der Waals surface area contributed by atoms with Gasteiger partial charge in [0.2, 0.25) is 0 Å². The van der Waals surface area contributed by atoms with Gasteiger partial charge in [0.05, 0.1) is 0 Å². The van der Waals surface area contributed by atoms with Gasteiger partial charge >= 0.3 is 0 Å². The van der Waals surface area contributed by atoms with Crippen LogP contribution < -0.4 is 5.56 Å². The van der Waals surface area contributed by atoms with Gasteiger partial charge in [-0.3, -0.25) is 9.36 Å². The van der Waals surface area contributed by atoms with Crippen LogP contribution in [0, 0.1) is 6.92 Å². The Labute approximate surface area is 69.1 Å². The average molecular weight is 163 g/mol. The lowest BCUT2D eigenvalue weighted by Crippen LogP contribution is -2.22. The predicted molar refractivity (Wildman–Crippen MR) is 45.2 cm³/mol. The van der Waals surface area contributed by atoms with Gasteiger partial charge in [-0.1, -0.05) is 0 Å². The minimum atomic E-state index is -0.00694. The molecule has 4 nitrogen and oxygen atoms in total. The van der Waals surface area contributed by atoms with Crippen molar-refractivity contribution in [3.05, 3.63) is 34.5 Å². The van der Waals surface area contributed by atoms with Crippen LogP contribution >= 0.6 is 0 Å². The summed E-state index contributed by atoms with van der Waals surface area (Å²) in [6, 6.07) is 3.57. The van der Waals surface area contributed by atoms with Gasteiger partial charge < -0.3 is 0 Å². The molecule has 62 valence electrons. The van der Waals surface area contributed by atoms with E-state index in [-0.39, 0.29) is 5.56 Å². The lowest BCUT2D eigenvalue weighted by Gasteiger charge is -2.02. The molecule has 0 radical (unpaired) electrons. The second kappa shape index (κ2) is 2.20. The summed E-state index contributed by atoms with van der Waals surface area (Å²) >= 11 is 0. The molecule has 0 fully saturated rings. The summed E-state index contributed by atoms with van der Waals surface area (Å²) in [7, 11) is 1.72. The van der Waals surface area contributed by atoms with E-state index in [0.29, 0.717) is 11.3 Å². The summed E-state index contributed by atoms with van der Waals surface area (Å²) in [5.74, 6) is 0.712. The highest BCUT2D eigenvalue weighted by molar-refractivity contribution is 5.43. The quantitative estimate of drug-likeness (QED) is 0.562. The van der Waals surface area contributed by atoms with Gasteiger partial charge in [-0.2, -0.15) is 5.10 Å². The van der Waals surface area contributed by atoms with Gasteiger partial charge in [-0.25, -0.2) is 4.52 Å². The van der Waals surface area contributed by atoms with Crippen LogP contribution in [0.1, 0.15) is 5.82 Å². The van der Waals surface area contributed by atoms with E-state index >= 15 is 0 Å². The molecule has 12 heavy (non-hydrogen) atoms. The maximum atomic E-state index is 11.5. The third-order valence-corrected chi connectivity index (χ3v) is 1.99. The summed E-state index contributed by atoms with van der Waals surface area (Å²) in [6.07, 6.45) is 1.77. The van der Waals surface area contributed by atoms with Crippen molar-refractivity contribution in [2.75, 3.05) is 0 Å². The highest BCUT2D eigenvalue weighted by Gasteiger charge is 2.02. The number of aryl methyl sites for hydroxylation is 1. The van der Waals surface area contributed by atoms with Gasteiger partial charge in [-0.05, 0) is 19.1 Å². The predicted octanol–water partition coefficient (Wildman–Crippen LogP) is 0.341. The second-order valence-corrected chi connectivity index (χ2v) is 2.75. The molecule has 2 heterocycles. The molecule has 2 aromatic heterocycles. The number of nitrogens with zero attached hydrogens (tertiary/aromatic N) is 3. The van der Waals surface area contributed by atoms with E-state index in [9.17, 15) is 4.79 Å². The first-order valence-corrected chi connectivity index (χ1v) is 3.71. The van der Waals surface area contributed by atoms with E-state index < -0.39 is 0 Å². The molecular formula is C8H9N3O. The smallest absolute Gasteiger partial charge is 0.277 e. The van der Waals surface area contributed by atoms with Crippen LogP contribution in [-0.4, -0.2) is 14.2 Å². The van der Waals surface area contributed by atoms with Crippen molar-refractivity contribution in [2.24, 2.45) is 7.05 Å². The lowest BCUT2D eigenvalue weighted by molar-refractivity contribution is 0.718. The highest BCUT2D eigenvalue weighted by Crippen LogP contribution is 1.96. The molecule has 0 saturated carbocycles. The van der Waals surface area contributed by atoms with Crippen LogP contribution in [0.15, 0.2) is 23.1 Å². The Bertz CT molecular complexity index is 480. The maximum absolute atomic E-state index is 11.5. The zero-order chi connectivity index (χ0) is 8.72. The number of rotatable bonds is 0. The molecule has 4 heteroatoms. The third kappa shape index (κ3) is 0.777. The van der Waals surface area contributed by atoms with Crippen LogP contribution in [0.2, 0.25) is 0 Å². The van der Waals surface area contributed by atoms with Gasteiger partial charge in [-0.15, -0.1) is 0 Å². The molecule has 2 rings (SSSR count). The molecule has 0 aliphatic rings. The second-order valence-electron chi connectivity index (χ2n) is 2.75. The number of hydrogen-bond acceptors (Lipinski definition) is 2.